The summed E-state index contributed by atoms with van der Waals surface area (Å²) < 4.78 is 0. The predicted octanol–water partition coefficient (Wildman–Crippen LogP) is 2.54. The zero-order chi connectivity index (χ0) is 12.5. The molecule has 1 aromatic rings. The molecule has 0 radical (unpaired) electrons. The second kappa shape index (κ2) is 4.52. The van der Waals surface area contributed by atoms with Crippen molar-refractivity contribution in [3.8, 4) is 0 Å². The van der Waals surface area contributed by atoms with Crippen molar-refractivity contribution >= 4 is 11.8 Å². The third kappa shape index (κ3) is 1.82. The van der Waals surface area contributed by atoms with E-state index in [0.29, 0.717) is 6.54 Å². The molecular formula is C14H18N2O2. The minimum atomic E-state index is -0.791. The Morgan fingerprint density at radius 2 is 2.06 bits per heavy atom. The van der Waals surface area contributed by atoms with E-state index in [4.69, 9.17) is 0 Å². The van der Waals surface area contributed by atoms with Crippen molar-refractivity contribution in [3.05, 3.63) is 29.8 Å². The molecule has 0 spiro atoms. The van der Waals surface area contributed by atoms with E-state index in [1.165, 1.54) is 11.3 Å². The van der Waals surface area contributed by atoms with Gasteiger partial charge in [0.05, 0.1) is 0 Å². The van der Waals surface area contributed by atoms with Gasteiger partial charge in [-0.05, 0) is 37.3 Å². The first kappa shape index (κ1) is 11.4. The smallest absolute Gasteiger partial charge is 0.408 e. The normalized spacial score (nSPS) is 23.0. The van der Waals surface area contributed by atoms with Gasteiger partial charge in [-0.2, -0.15) is 0 Å². The van der Waals surface area contributed by atoms with Crippen LogP contribution >= 0.6 is 0 Å². The molecule has 4 nitrogen and oxygen atoms in total. The molecule has 1 unspecified atom stereocenters. The van der Waals surface area contributed by atoms with Gasteiger partial charge in [0.25, 0.3) is 0 Å². The average molecular weight is 246 g/mol. The lowest BCUT2D eigenvalue weighted by atomic mass is 10.0. The number of amides is 1. The van der Waals surface area contributed by atoms with Gasteiger partial charge in [0.1, 0.15) is 6.17 Å². The second-order valence-electron chi connectivity index (χ2n) is 5.02. The van der Waals surface area contributed by atoms with Crippen LogP contribution in [0.5, 0.6) is 0 Å². The number of carbonyl (C=O) groups is 1. The van der Waals surface area contributed by atoms with Crippen LogP contribution in [0.3, 0.4) is 0 Å². The van der Waals surface area contributed by atoms with Crippen molar-refractivity contribution in [1.82, 2.24) is 4.90 Å². The van der Waals surface area contributed by atoms with E-state index in [2.05, 4.69) is 23.1 Å². The quantitative estimate of drug-likeness (QED) is 0.828. The maximum absolute atomic E-state index is 11.3. The highest BCUT2D eigenvalue weighted by molar-refractivity contribution is 5.67. The molecule has 2 aliphatic rings. The van der Waals surface area contributed by atoms with Crippen LogP contribution in [0, 0.1) is 0 Å². The van der Waals surface area contributed by atoms with Gasteiger partial charge < -0.3 is 10.0 Å². The van der Waals surface area contributed by atoms with E-state index in [-0.39, 0.29) is 6.17 Å². The first-order valence-electron chi connectivity index (χ1n) is 6.61. The minimum absolute atomic E-state index is 0.0314. The number of nitrogens with zero attached hydrogens (tertiary/aromatic N) is 2. The second-order valence-corrected chi connectivity index (χ2v) is 5.02. The van der Waals surface area contributed by atoms with Crippen LogP contribution in [0.1, 0.15) is 24.8 Å². The highest BCUT2D eigenvalue weighted by atomic mass is 16.4. The standard InChI is InChI=1S/C14H18N2O2/c17-14(18)16-10-4-8-13(16)15-9-3-6-11-5-1-2-7-12(11)15/h1-2,5,7,13H,3-4,6,8-10H2,(H,17,18). The van der Waals surface area contributed by atoms with E-state index in [1.54, 1.807) is 4.90 Å². The molecule has 1 N–H and O–H groups in total. The summed E-state index contributed by atoms with van der Waals surface area (Å²) in [6.07, 6.45) is 3.37. The number of benzene rings is 1. The van der Waals surface area contributed by atoms with Crippen molar-refractivity contribution in [2.75, 3.05) is 18.0 Å². The van der Waals surface area contributed by atoms with Crippen molar-refractivity contribution in [2.24, 2.45) is 0 Å². The summed E-state index contributed by atoms with van der Waals surface area (Å²) in [6, 6.07) is 8.37. The highest BCUT2D eigenvalue weighted by Gasteiger charge is 2.34. The third-order valence-electron chi connectivity index (χ3n) is 3.97. The molecule has 0 saturated carbocycles. The molecule has 1 aromatic carbocycles. The van der Waals surface area contributed by atoms with Crippen molar-refractivity contribution in [1.29, 1.82) is 0 Å². The number of para-hydroxylation sites is 1. The number of hydrogen-bond donors (Lipinski definition) is 1. The Balaban J connectivity index is 1.91. The summed E-state index contributed by atoms with van der Waals surface area (Å²) in [5.41, 5.74) is 2.57. The Labute approximate surface area is 107 Å². The Morgan fingerprint density at radius 3 is 2.89 bits per heavy atom. The molecule has 1 atom stereocenters. The zero-order valence-corrected chi connectivity index (χ0v) is 10.4. The lowest BCUT2D eigenvalue weighted by Gasteiger charge is -2.39. The fourth-order valence-electron chi connectivity index (χ4n) is 3.17. The molecule has 3 rings (SSSR count). The van der Waals surface area contributed by atoms with Crippen LogP contribution < -0.4 is 4.90 Å². The van der Waals surface area contributed by atoms with Gasteiger partial charge in [-0.3, -0.25) is 4.90 Å². The first-order chi connectivity index (χ1) is 8.77. The topological polar surface area (TPSA) is 43.8 Å². The van der Waals surface area contributed by atoms with E-state index in [1.807, 2.05) is 6.07 Å². The Hall–Kier alpha value is -1.71. The number of aryl methyl sites for hydroxylation is 1. The van der Waals surface area contributed by atoms with Gasteiger partial charge in [-0.1, -0.05) is 18.2 Å². The number of carboxylic acid groups (broad SMARTS) is 1. The molecule has 2 aliphatic heterocycles. The summed E-state index contributed by atoms with van der Waals surface area (Å²) in [7, 11) is 0. The van der Waals surface area contributed by atoms with Crippen LogP contribution in [-0.4, -0.2) is 35.4 Å². The SMILES string of the molecule is O=C(O)N1CCCC1N1CCCc2ccccc21. The van der Waals surface area contributed by atoms with Gasteiger partial charge >= 0.3 is 6.09 Å². The molecule has 1 fully saturated rings. The summed E-state index contributed by atoms with van der Waals surface area (Å²) in [6.45, 7) is 1.63. The van der Waals surface area contributed by atoms with E-state index in [0.717, 1.165) is 32.2 Å². The first-order valence-corrected chi connectivity index (χ1v) is 6.61. The van der Waals surface area contributed by atoms with Gasteiger partial charge in [-0.15, -0.1) is 0 Å². The van der Waals surface area contributed by atoms with Crippen LogP contribution in [0.2, 0.25) is 0 Å². The van der Waals surface area contributed by atoms with Gasteiger partial charge in [0, 0.05) is 18.8 Å². The molecule has 4 heteroatoms. The molecular weight excluding hydrogens is 228 g/mol. The molecule has 0 aliphatic carbocycles. The molecule has 2 heterocycles. The number of likely N-dealkylation sites (tertiary alicyclic amines) is 1. The Kier molecular flexibility index (Phi) is 2.86. The van der Waals surface area contributed by atoms with E-state index >= 15 is 0 Å². The predicted molar refractivity (Wildman–Crippen MR) is 69.9 cm³/mol. The summed E-state index contributed by atoms with van der Waals surface area (Å²) in [5.74, 6) is 0. The Morgan fingerprint density at radius 1 is 1.22 bits per heavy atom. The van der Waals surface area contributed by atoms with Crippen LogP contribution in [0.15, 0.2) is 24.3 Å². The number of hydrogen-bond acceptors (Lipinski definition) is 2. The summed E-state index contributed by atoms with van der Waals surface area (Å²) in [5, 5.41) is 9.26. The molecule has 96 valence electrons. The number of anilines is 1. The monoisotopic (exact) mass is 246 g/mol. The largest absolute Gasteiger partial charge is 0.465 e. The summed E-state index contributed by atoms with van der Waals surface area (Å²) in [4.78, 5) is 15.1. The maximum atomic E-state index is 11.3. The third-order valence-corrected chi connectivity index (χ3v) is 3.97. The molecule has 0 bridgehead atoms. The number of fused-ring (bicyclic) bond motifs is 1. The fourth-order valence-corrected chi connectivity index (χ4v) is 3.17. The minimum Gasteiger partial charge on any atom is -0.465 e. The van der Waals surface area contributed by atoms with E-state index in [9.17, 15) is 9.90 Å². The number of rotatable bonds is 1. The summed E-state index contributed by atoms with van der Waals surface area (Å²) >= 11 is 0. The lowest BCUT2D eigenvalue weighted by molar-refractivity contribution is 0.138. The molecule has 0 aromatic heterocycles. The van der Waals surface area contributed by atoms with Crippen LogP contribution in [0.4, 0.5) is 10.5 Å². The average Bonchev–Trinajstić information content (AvgIpc) is 2.87. The van der Waals surface area contributed by atoms with Crippen molar-refractivity contribution in [3.63, 3.8) is 0 Å². The Bertz CT molecular complexity index is 461. The highest BCUT2D eigenvalue weighted by Crippen LogP contribution is 2.32. The molecule has 1 saturated heterocycles. The van der Waals surface area contributed by atoms with Crippen molar-refractivity contribution in [2.45, 2.75) is 31.8 Å². The maximum Gasteiger partial charge on any atom is 0.408 e. The van der Waals surface area contributed by atoms with Crippen molar-refractivity contribution < 1.29 is 9.90 Å². The van der Waals surface area contributed by atoms with Gasteiger partial charge in [0.2, 0.25) is 0 Å². The fraction of sp³-hybridized carbons (Fsp3) is 0.500. The molecule has 18 heavy (non-hydrogen) atoms. The van der Waals surface area contributed by atoms with Gasteiger partial charge in [0.15, 0.2) is 0 Å². The lowest BCUT2D eigenvalue weighted by Crippen LogP contribution is -2.48. The van der Waals surface area contributed by atoms with Crippen LogP contribution in [0.25, 0.3) is 0 Å². The zero-order valence-electron chi connectivity index (χ0n) is 10.4. The van der Waals surface area contributed by atoms with Crippen LogP contribution in [-0.2, 0) is 6.42 Å². The van der Waals surface area contributed by atoms with Gasteiger partial charge in [-0.25, -0.2) is 4.79 Å². The van der Waals surface area contributed by atoms with E-state index < -0.39 is 6.09 Å². The molecule has 1 amide bonds.